The maximum Gasteiger partial charge on any atom is 0.260 e. The van der Waals surface area contributed by atoms with Crippen LogP contribution >= 0.6 is 0 Å². The zero-order chi connectivity index (χ0) is 15.2. The predicted octanol–water partition coefficient (Wildman–Crippen LogP) is 1.76. The number of H-pyrrole nitrogens is 1. The van der Waals surface area contributed by atoms with E-state index in [1.165, 1.54) is 0 Å². The highest BCUT2D eigenvalue weighted by Gasteiger charge is 2.13. The van der Waals surface area contributed by atoms with Gasteiger partial charge in [0.25, 0.3) is 5.91 Å². The van der Waals surface area contributed by atoms with Crippen LogP contribution in [0, 0.1) is 6.92 Å². The van der Waals surface area contributed by atoms with Crippen LogP contribution in [0.5, 0.6) is 11.5 Å². The fraction of sp³-hybridized carbons (Fsp3) is 0.333. The maximum atomic E-state index is 12.0. The Morgan fingerprint density at radius 3 is 2.86 bits per heavy atom. The third-order valence-corrected chi connectivity index (χ3v) is 3.04. The first-order valence-electron chi connectivity index (χ1n) is 6.60. The van der Waals surface area contributed by atoms with Crippen molar-refractivity contribution in [3.63, 3.8) is 0 Å². The Morgan fingerprint density at radius 1 is 1.38 bits per heavy atom. The van der Waals surface area contributed by atoms with Crippen LogP contribution in [0.3, 0.4) is 0 Å². The number of benzene rings is 1. The molecule has 0 atom stereocenters. The van der Waals surface area contributed by atoms with E-state index in [-0.39, 0.29) is 12.5 Å². The molecule has 1 amide bonds. The summed E-state index contributed by atoms with van der Waals surface area (Å²) < 4.78 is 10.8. The Bertz CT molecular complexity index is 596. The summed E-state index contributed by atoms with van der Waals surface area (Å²) in [5.74, 6) is 1.78. The fourth-order valence-electron chi connectivity index (χ4n) is 1.84. The molecule has 1 aromatic heterocycles. The first kappa shape index (κ1) is 14.9. The van der Waals surface area contributed by atoms with Gasteiger partial charge in [0.1, 0.15) is 5.82 Å². The van der Waals surface area contributed by atoms with E-state index in [1.54, 1.807) is 37.5 Å². The molecule has 6 nitrogen and oxygen atoms in total. The van der Waals surface area contributed by atoms with Crippen LogP contribution in [-0.4, -0.2) is 41.5 Å². The van der Waals surface area contributed by atoms with Crippen LogP contribution in [0.1, 0.15) is 11.4 Å². The number of carbonyl (C=O) groups excluding carboxylic acids is 1. The number of aromatic nitrogens is 2. The smallest absolute Gasteiger partial charge is 0.260 e. The van der Waals surface area contributed by atoms with Crippen molar-refractivity contribution >= 4 is 5.91 Å². The van der Waals surface area contributed by atoms with Crippen LogP contribution in [0.25, 0.3) is 0 Å². The molecule has 0 unspecified atom stereocenters. The van der Waals surface area contributed by atoms with E-state index in [0.29, 0.717) is 18.0 Å². The third kappa shape index (κ3) is 3.98. The summed E-state index contributed by atoms with van der Waals surface area (Å²) in [6, 6.07) is 5.58. The molecule has 0 fully saturated rings. The lowest BCUT2D eigenvalue weighted by Gasteiger charge is -2.17. The average Bonchev–Trinajstić information content (AvgIpc) is 2.98. The van der Waals surface area contributed by atoms with Crippen LogP contribution in [0.2, 0.25) is 0 Å². The Morgan fingerprint density at radius 2 is 2.19 bits per heavy atom. The number of methoxy groups -OCH3 is 1. The lowest BCUT2D eigenvalue weighted by Crippen LogP contribution is -2.31. The van der Waals surface area contributed by atoms with Crippen molar-refractivity contribution in [3.8, 4) is 11.5 Å². The topological polar surface area (TPSA) is 67.5 Å². The Kier molecular flexibility index (Phi) is 4.81. The number of hydrogen-bond acceptors (Lipinski definition) is 4. The quantitative estimate of drug-likeness (QED) is 0.880. The minimum atomic E-state index is -0.131. The molecule has 21 heavy (non-hydrogen) atoms. The van der Waals surface area contributed by atoms with Crippen LogP contribution in [0.15, 0.2) is 30.6 Å². The SMILES string of the molecule is COc1cc(C)ccc1OCC(=O)N(C)Cc1ncc[nH]1. The number of ether oxygens (including phenoxy) is 2. The maximum absolute atomic E-state index is 12.0. The van der Waals surface area contributed by atoms with E-state index in [2.05, 4.69) is 9.97 Å². The molecule has 0 saturated heterocycles. The molecule has 112 valence electrons. The summed E-state index contributed by atoms with van der Waals surface area (Å²) in [6.07, 6.45) is 3.38. The number of nitrogens with zero attached hydrogens (tertiary/aromatic N) is 2. The minimum absolute atomic E-state index is 0.0450. The Hall–Kier alpha value is -2.50. The minimum Gasteiger partial charge on any atom is -0.493 e. The van der Waals surface area contributed by atoms with Gasteiger partial charge in [-0.05, 0) is 24.6 Å². The van der Waals surface area contributed by atoms with Crippen LogP contribution in [-0.2, 0) is 11.3 Å². The van der Waals surface area contributed by atoms with E-state index in [4.69, 9.17) is 9.47 Å². The van der Waals surface area contributed by atoms with Gasteiger partial charge in [0.05, 0.1) is 13.7 Å². The molecule has 1 aromatic carbocycles. The van der Waals surface area contributed by atoms with E-state index in [0.717, 1.165) is 11.4 Å². The summed E-state index contributed by atoms with van der Waals surface area (Å²) in [6.45, 7) is 2.34. The van der Waals surface area contributed by atoms with Gasteiger partial charge >= 0.3 is 0 Å². The molecule has 2 aromatic rings. The van der Waals surface area contributed by atoms with Crippen molar-refractivity contribution in [2.75, 3.05) is 20.8 Å². The molecule has 2 rings (SSSR count). The third-order valence-electron chi connectivity index (χ3n) is 3.04. The fourth-order valence-corrected chi connectivity index (χ4v) is 1.84. The van der Waals surface area contributed by atoms with E-state index in [9.17, 15) is 4.79 Å². The largest absolute Gasteiger partial charge is 0.493 e. The molecule has 0 aliphatic heterocycles. The monoisotopic (exact) mass is 289 g/mol. The van der Waals surface area contributed by atoms with E-state index in [1.807, 2.05) is 19.1 Å². The highest BCUT2D eigenvalue weighted by Crippen LogP contribution is 2.27. The highest BCUT2D eigenvalue weighted by molar-refractivity contribution is 5.77. The number of amides is 1. The molecular formula is C15H19N3O3. The van der Waals surface area contributed by atoms with Crippen molar-refractivity contribution < 1.29 is 14.3 Å². The van der Waals surface area contributed by atoms with Gasteiger partial charge in [-0.1, -0.05) is 6.07 Å². The highest BCUT2D eigenvalue weighted by atomic mass is 16.5. The molecule has 1 N–H and O–H groups in total. The summed E-state index contributed by atoms with van der Waals surface area (Å²) in [7, 11) is 3.28. The number of rotatable bonds is 6. The first-order valence-corrected chi connectivity index (χ1v) is 6.60. The molecule has 6 heteroatoms. The number of imidazole rings is 1. The lowest BCUT2D eigenvalue weighted by atomic mass is 10.2. The number of likely N-dealkylation sites (N-methyl/N-ethyl adjacent to an activating group) is 1. The van der Waals surface area contributed by atoms with Crippen LogP contribution in [0.4, 0.5) is 0 Å². The average molecular weight is 289 g/mol. The second-order valence-corrected chi connectivity index (χ2v) is 4.73. The summed E-state index contributed by atoms with van der Waals surface area (Å²) in [5.41, 5.74) is 1.07. The van der Waals surface area contributed by atoms with E-state index >= 15 is 0 Å². The Balaban J connectivity index is 1.91. The normalized spacial score (nSPS) is 10.2. The number of nitrogens with one attached hydrogen (secondary N) is 1. The number of aryl methyl sites for hydroxylation is 1. The van der Waals surface area contributed by atoms with Gasteiger partial charge in [-0.2, -0.15) is 0 Å². The summed E-state index contributed by atoms with van der Waals surface area (Å²) in [5, 5.41) is 0. The van der Waals surface area contributed by atoms with Gasteiger partial charge < -0.3 is 19.4 Å². The van der Waals surface area contributed by atoms with Crippen molar-refractivity contribution in [3.05, 3.63) is 42.0 Å². The molecule has 0 saturated carbocycles. The number of hydrogen-bond donors (Lipinski definition) is 1. The van der Waals surface area contributed by atoms with Gasteiger partial charge in [0.2, 0.25) is 0 Å². The zero-order valence-corrected chi connectivity index (χ0v) is 12.4. The van der Waals surface area contributed by atoms with Gasteiger partial charge in [-0.3, -0.25) is 4.79 Å². The molecular weight excluding hydrogens is 270 g/mol. The van der Waals surface area contributed by atoms with Gasteiger partial charge in [0.15, 0.2) is 18.1 Å². The molecule has 1 heterocycles. The van der Waals surface area contributed by atoms with Crippen molar-refractivity contribution in [2.45, 2.75) is 13.5 Å². The van der Waals surface area contributed by atoms with Gasteiger partial charge in [0, 0.05) is 19.4 Å². The summed E-state index contributed by atoms with van der Waals surface area (Å²) >= 11 is 0. The van der Waals surface area contributed by atoms with Crippen molar-refractivity contribution in [1.82, 2.24) is 14.9 Å². The molecule has 0 aliphatic rings. The first-order chi connectivity index (χ1) is 10.1. The Labute approximate surface area is 123 Å². The zero-order valence-electron chi connectivity index (χ0n) is 12.4. The van der Waals surface area contributed by atoms with Gasteiger partial charge in [-0.15, -0.1) is 0 Å². The summed E-state index contributed by atoms with van der Waals surface area (Å²) in [4.78, 5) is 20.6. The predicted molar refractivity (Wildman–Crippen MR) is 78.3 cm³/mol. The molecule has 0 radical (unpaired) electrons. The van der Waals surface area contributed by atoms with Crippen molar-refractivity contribution in [1.29, 1.82) is 0 Å². The lowest BCUT2D eigenvalue weighted by molar-refractivity contribution is -0.132. The number of carbonyl (C=O) groups is 1. The molecule has 0 bridgehead atoms. The second kappa shape index (κ2) is 6.78. The van der Waals surface area contributed by atoms with Crippen molar-refractivity contribution in [2.24, 2.45) is 0 Å². The molecule has 0 aliphatic carbocycles. The van der Waals surface area contributed by atoms with E-state index < -0.39 is 0 Å². The van der Waals surface area contributed by atoms with Gasteiger partial charge in [-0.25, -0.2) is 4.98 Å². The second-order valence-electron chi connectivity index (χ2n) is 4.73. The standard InChI is InChI=1S/C15H19N3O3/c1-11-4-5-12(13(8-11)20-3)21-10-15(19)18(2)9-14-16-6-7-17-14/h4-8H,9-10H2,1-3H3,(H,16,17). The number of aromatic amines is 1. The van der Waals surface area contributed by atoms with Crippen LogP contribution < -0.4 is 9.47 Å². The molecule has 0 spiro atoms.